The standard InChI is InChI=1S/C58H57N5O9/c1-38-26-43(34-63(57(66)72-58(2,3)4)23-11-14-44(64)13-10-22-62-56(65)71-37-51-48-17-7-5-15-46(48)47-16-6-8-18-49(47)51)54(69-35-40-27-39(30-59)32-61-33-40)29-53(38)70-36-42-12-9-19-45(50(42)31-60)41-20-21-52-55(28-41)68-25-24-67-52/h5-9,12,15-21,26-29,32-33,51H,10-11,13-14,22-25,34-37H2,1-4H3,(H,62,65). The number of rotatable bonds is 19. The van der Waals surface area contributed by atoms with Crippen molar-refractivity contribution in [3.8, 4) is 57.4 Å². The first-order chi connectivity index (χ1) is 34.9. The van der Waals surface area contributed by atoms with Crippen LogP contribution in [-0.4, -0.2) is 66.4 Å². The Morgan fingerprint density at radius 3 is 2.21 bits per heavy atom. The van der Waals surface area contributed by atoms with E-state index in [1.165, 1.54) is 6.20 Å². The van der Waals surface area contributed by atoms with E-state index >= 15 is 0 Å². The summed E-state index contributed by atoms with van der Waals surface area (Å²) in [5, 5.41) is 22.7. The largest absolute Gasteiger partial charge is 0.488 e. The summed E-state index contributed by atoms with van der Waals surface area (Å²) in [6.45, 7) is 9.08. The minimum Gasteiger partial charge on any atom is -0.488 e. The van der Waals surface area contributed by atoms with Gasteiger partial charge in [-0.3, -0.25) is 9.78 Å². The number of nitrogens with one attached hydrogen (secondary N) is 1. The van der Waals surface area contributed by atoms with Crippen LogP contribution in [0.15, 0.2) is 116 Å². The molecule has 14 nitrogen and oxygen atoms in total. The number of hydrogen-bond acceptors (Lipinski definition) is 12. The van der Waals surface area contributed by atoms with Gasteiger partial charge in [-0.25, -0.2) is 9.59 Å². The van der Waals surface area contributed by atoms with Crippen molar-refractivity contribution in [1.29, 1.82) is 10.5 Å². The Bertz CT molecular complexity index is 3000. The van der Waals surface area contributed by atoms with E-state index in [0.717, 1.165) is 38.9 Å². The SMILES string of the molecule is Cc1cc(CN(CCCC(=O)CCCNC(=O)OCC2c3ccccc3-c3ccccc32)C(=O)OC(C)(C)C)c(OCc2cncc(C#N)c2)cc1OCc1cccc(-c2ccc3c(c2)OCCO3)c1C#N. The highest BCUT2D eigenvalue weighted by atomic mass is 16.6. The van der Waals surface area contributed by atoms with Gasteiger partial charge in [-0.05, 0) is 104 Å². The van der Waals surface area contributed by atoms with Crippen molar-refractivity contribution in [3.05, 3.63) is 160 Å². The first-order valence-corrected chi connectivity index (χ1v) is 24.1. The second kappa shape index (κ2) is 23.0. The number of nitrogens with zero attached hydrogens (tertiary/aromatic N) is 4. The Labute approximate surface area is 420 Å². The normalized spacial score (nSPS) is 12.4. The molecule has 72 heavy (non-hydrogen) atoms. The maximum atomic E-state index is 13.8. The number of carbonyl (C=O) groups is 3. The fourth-order valence-corrected chi connectivity index (χ4v) is 8.88. The van der Waals surface area contributed by atoms with Crippen LogP contribution in [0.25, 0.3) is 22.3 Å². The summed E-state index contributed by atoms with van der Waals surface area (Å²) in [7, 11) is 0. The van der Waals surface area contributed by atoms with Gasteiger partial charge in [-0.1, -0.05) is 72.8 Å². The number of ether oxygens (including phenoxy) is 6. The molecule has 0 saturated carbocycles. The van der Waals surface area contributed by atoms with Crippen molar-refractivity contribution >= 4 is 18.0 Å². The fraction of sp³-hybridized carbons (Fsp3) is 0.310. The van der Waals surface area contributed by atoms with Crippen LogP contribution in [0.5, 0.6) is 23.0 Å². The molecule has 2 heterocycles. The lowest BCUT2D eigenvalue weighted by atomic mass is 9.96. The van der Waals surface area contributed by atoms with Crippen molar-refractivity contribution in [1.82, 2.24) is 15.2 Å². The summed E-state index contributed by atoms with van der Waals surface area (Å²) in [6.07, 6.45) is 3.26. The number of alkyl carbamates (subject to hydrolysis) is 1. The van der Waals surface area contributed by atoms with Gasteiger partial charge < -0.3 is 38.6 Å². The van der Waals surface area contributed by atoms with E-state index in [4.69, 9.17) is 28.4 Å². The van der Waals surface area contributed by atoms with Crippen LogP contribution >= 0.6 is 0 Å². The number of aromatic nitrogens is 1. The molecular weight excluding hydrogens is 911 g/mol. The minimum atomic E-state index is -0.793. The zero-order valence-electron chi connectivity index (χ0n) is 41.0. The molecule has 0 saturated heterocycles. The smallest absolute Gasteiger partial charge is 0.410 e. The molecule has 2 aliphatic rings. The lowest BCUT2D eigenvalue weighted by molar-refractivity contribution is -0.119. The van der Waals surface area contributed by atoms with Gasteiger partial charge >= 0.3 is 12.2 Å². The van der Waals surface area contributed by atoms with Crippen LogP contribution in [0.2, 0.25) is 0 Å². The van der Waals surface area contributed by atoms with Crippen LogP contribution in [0.3, 0.4) is 0 Å². The van der Waals surface area contributed by atoms with Gasteiger partial charge in [0, 0.05) is 67.0 Å². The summed E-state index contributed by atoms with van der Waals surface area (Å²) < 4.78 is 35.9. The molecule has 0 radical (unpaired) electrons. The maximum Gasteiger partial charge on any atom is 0.410 e. The highest BCUT2D eigenvalue weighted by Gasteiger charge is 2.29. The van der Waals surface area contributed by atoms with E-state index in [1.807, 2.05) is 73.7 Å². The molecule has 0 bridgehead atoms. The molecular formula is C58H57N5O9. The monoisotopic (exact) mass is 967 g/mol. The number of nitriles is 2. The predicted molar refractivity (Wildman–Crippen MR) is 270 cm³/mol. The zero-order chi connectivity index (χ0) is 50.6. The van der Waals surface area contributed by atoms with Crippen LogP contribution in [-0.2, 0) is 34.0 Å². The third kappa shape index (κ3) is 12.5. The average Bonchev–Trinajstić information content (AvgIpc) is 3.70. The van der Waals surface area contributed by atoms with Gasteiger partial charge in [-0.2, -0.15) is 10.5 Å². The summed E-state index contributed by atoms with van der Waals surface area (Å²) in [5.74, 6) is 2.14. The number of Topliss-reactive ketones (excluding diaryl/α,β-unsaturated/α-hetero) is 1. The summed E-state index contributed by atoms with van der Waals surface area (Å²) in [4.78, 5) is 45.4. The fourth-order valence-electron chi connectivity index (χ4n) is 8.88. The molecule has 0 unspecified atom stereocenters. The van der Waals surface area contributed by atoms with Crippen molar-refractivity contribution in [3.63, 3.8) is 0 Å². The molecule has 1 N–H and O–H groups in total. The van der Waals surface area contributed by atoms with Crippen molar-refractivity contribution < 1.29 is 42.8 Å². The topological polar surface area (TPSA) is 182 Å². The van der Waals surface area contributed by atoms with Crippen LogP contribution < -0.4 is 24.3 Å². The third-order valence-corrected chi connectivity index (χ3v) is 12.3. The zero-order valence-corrected chi connectivity index (χ0v) is 41.0. The molecule has 5 aromatic carbocycles. The first kappa shape index (κ1) is 50.0. The van der Waals surface area contributed by atoms with Crippen molar-refractivity contribution in [2.75, 3.05) is 32.9 Å². The molecule has 1 aliphatic heterocycles. The van der Waals surface area contributed by atoms with E-state index in [-0.39, 0.29) is 64.0 Å². The lowest BCUT2D eigenvalue weighted by Crippen LogP contribution is -2.37. The van der Waals surface area contributed by atoms with E-state index < -0.39 is 17.8 Å². The maximum absolute atomic E-state index is 13.8. The molecule has 6 aromatic rings. The Hall–Kier alpha value is -8.36. The molecule has 1 aliphatic carbocycles. The van der Waals surface area contributed by atoms with Crippen molar-refractivity contribution in [2.24, 2.45) is 0 Å². The van der Waals surface area contributed by atoms with E-state index in [9.17, 15) is 24.9 Å². The third-order valence-electron chi connectivity index (χ3n) is 12.3. The number of fused-ring (bicyclic) bond motifs is 4. The molecule has 0 fully saturated rings. The predicted octanol–water partition coefficient (Wildman–Crippen LogP) is 11.1. The number of amides is 2. The summed E-state index contributed by atoms with van der Waals surface area (Å²) in [5.41, 5.74) is 8.89. The first-order valence-electron chi connectivity index (χ1n) is 24.1. The quantitative estimate of drug-likeness (QED) is 0.0759. The number of carbonyl (C=O) groups excluding carboxylic acids is 3. The number of hydrogen-bond donors (Lipinski definition) is 1. The highest BCUT2D eigenvalue weighted by molar-refractivity contribution is 5.80. The molecule has 368 valence electrons. The Kier molecular flexibility index (Phi) is 16.0. The molecule has 1 aromatic heterocycles. The number of benzene rings is 5. The van der Waals surface area contributed by atoms with Crippen LogP contribution in [0.1, 0.15) is 96.9 Å². The number of pyridine rings is 1. The van der Waals surface area contributed by atoms with Crippen LogP contribution in [0.4, 0.5) is 9.59 Å². The Morgan fingerprint density at radius 2 is 1.47 bits per heavy atom. The van der Waals surface area contributed by atoms with E-state index in [0.29, 0.717) is 76.9 Å². The van der Waals surface area contributed by atoms with Gasteiger partial charge in [0.15, 0.2) is 11.5 Å². The van der Waals surface area contributed by atoms with Gasteiger partial charge in [0.25, 0.3) is 0 Å². The van der Waals surface area contributed by atoms with Gasteiger partial charge in [-0.15, -0.1) is 0 Å². The minimum absolute atomic E-state index is 0.000513. The second-order valence-corrected chi connectivity index (χ2v) is 18.7. The Balaban J connectivity index is 0.909. The van der Waals surface area contributed by atoms with Gasteiger partial charge in [0.2, 0.25) is 0 Å². The molecule has 0 atom stereocenters. The number of aryl methyl sites for hydroxylation is 1. The van der Waals surface area contributed by atoms with Gasteiger partial charge in [0.1, 0.15) is 68.1 Å². The molecule has 8 rings (SSSR count). The average molecular weight is 968 g/mol. The van der Waals surface area contributed by atoms with Crippen LogP contribution in [0, 0.1) is 29.6 Å². The molecule has 2 amide bonds. The summed E-state index contributed by atoms with van der Waals surface area (Å²) >= 11 is 0. The highest BCUT2D eigenvalue weighted by Crippen LogP contribution is 2.44. The molecule has 14 heteroatoms. The summed E-state index contributed by atoms with van der Waals surface area (Å²) in [6, 6.07) is 37.4. The van der Waals surface area contributed by atoms with Crippen molar-refractivity contribution in [2.45, 2.75) is 84.7 Å². The number of ketones is 1. The second-order valence-electron chi connectivity index (χ2n) is 18.7. The Morgan fingerprint density at radius 1 is 0.764 bits per heavy atom. The van der Waals surface area contributed by atoms with Gasteiger partial charge in [0.05, 0.1) is 17.7 Å². The lowest BCUT2D eigenvalue weighted by Gasteiger charge is -2.28. The van der Waals surface area contributed by atoms with E-state index in [1.54, 1.807) is 44.0 Å². The van der Waals surface area contributed by atoms with E-state index in [2.05, 4.69) is 46.7 Å². The molecule has 0 spiro atoms.